The quantitative estimate of drug-likeness (QED) is 0.650. The van der Waals surface area contributed by atoms with Gasteiger partial charge in [0.1, 0.15) is 34.8 Å². The predicted octanol–water partition coefficient (Wildman–Crippen LogP) is 4.22. The van der Waals surface area contributed by atoms with E-state index in [1.807, 2.05) is 6.92 Å². The molecule has 0 saturated heterocycles. The number of nitrogens with one attached hydrogen (secondary N) is 1. The molecule has 1 aromatic heterocycles. The number of carbonyl (C=O) groups excluding carboxylic acids is 1. The van der Waals surface area contributed by atoms with E-state index in [-0.39, 0.29) is 24.9 Å². The van der Waals surface area contributed by atoms with Gasteiger partial charge in [0.15, 0.2) is 0 Å². The van der Waals surface area contributed by atoms with Crippen molar-refractivity contribution in [3.63, 3.8) is 0 Å². The summed E-state index contributed by atoms with van der Waals surface area (Å²) in [7, 11) is 3.08. The van der Waals surface area contributed by atoms with Crippen LogP contribution in [-0.4, -0.2) is 36.8 Å². The maximum absolute atomic E-state index is 13.6. The number of aliphatic hydroxyl groups is 1. The minimum atomic E-state index is -0.911. The predicted molar refractivity (Wildman–Crippen MR) is 113 cm³/mol. The Morgan fingerprint density at radius 2 is 1.97 bits per heavy atom. The molecule has 2 atom stereocenters. The average molecular weight is 428 g/mol. The van der Waals surface area contributed by atoms with E-state index in [9.17, 15) is 14.3 Å². The molecule has 8 heteroatoms. The zero-order valence-electron chi connectivity index (χ0n) is 17.9. The van der Waals surface area contributed by atoms with Crippen LogP contribution in [0.1, 0.15) is 41.5 Å². The van der Waals surface area contributed by atoms with Crippen molar-refractivity contribution in [1.29, 1.82) is 0 Å². The van der Waals surface area contributed by atoms with Gasteiger partial charge < -0.3 is 29.2 Å². The van der Waals surface area contributed by atoms with E-state index in [1.165, 1.54) is 24.1 Å². The fourth-order valence-electron chi connectivity index (χ4n) is 4.20. The van der Waals surface area contributed by atoms with E-state index in [1.54, 1.807) is 32.2 Å². The molecule has 0 fully saturated rings. The molecule has 0 spiro atoms. The van der Waals surface area contributed by atoms with Crippen molar-refractivity contribution in [1.82, 2.24) is 10.2 Å². The molecular formula is C23H25FN2O5. The first kappa shape index (κ1) is 21.0. The van der Waals surface area contributed by atoms with Crippen LogP contribution in [0.25, 0.3) is 11.0 Å². The Hall–Kier alpha value is -3.26. The number of carbonyl (C=O) groups is 1. The fraction of sp³-hybridized carbons (Fsp3) is 0.348. The summed E-state index contributed by atoms with van der Waals surface area (Å²) in [5.41, 5.74) is 2.68. The monoisotopic (exact) mass is 428 g/mol. The molecule has 164 valence electrons. The normalized spacial score (nSPS) is 16.7. The Morgan fingerprint density at radius 1 is 1.26 bits per heavy atom. The number of urea groups is 1. The molecule has 0 aliphatic carbocycles. The van der Waals surface area contributed by atoms with E-state index in [0.717, 1.165) is 5.56 Å². The van der Waals surface area contributed by atoms with Crippen LogP contribution in [-0.2, 0) is 6.54 Å². The molecule has 1 aliphatic heterocycles. The van der Waals surface area contributed by atoms with Gasteiger partial charge in [-0.1, -0.05) is 0 Å². The molecule has 1 aliphatic rings. The first-order valence-electron chi connectivity index (χ1n) is 9.99. The number of rotatable bonds is 4. The van der Waals surface area contributed by atoms with Gasteiger partial charge in [0.05, 0.1) is 33.4 Å². The Balaban J connectivity index is 1.57. The lowest BCUT2D eigenvalue weighted by atomic mass is 9.95. The molecule has 2 aromatic carbocycles. The number of aryl methyl sites for hydroxylation is 1. The van der Waals surface area contributed by atoms with Gasteiger partial charge in [0, 0.05) is 22.1 Å². The molecule has 2 N–H and O–H groups in total. The molecule has 7 nitrogen and oxygen atoms in total. The van der Waals surface area contributed by atoms with Crippen LogP contribution < -0.4 is 14.8 Å². The molecular weight excluding hydrogens is 403 g/mol. The van der Waals surface area contributed by atoms with E-state index in [0.29, 0.717) is 39.4 Å². The lowest BCUT2D eigenvalue weighted by Gasteiger charge is -2.34. The summed E-state index contributed by atoms with van der Waals surface area (Å²) in [6, 6.07) is 7.03. The van der Waals surface area contributed by atoms with Gasteiger partial charge in [-0.2, -0.15) is 0 Å². The number of aliphatic hydroxyl groups excluding tert-OH is 1. The van der Waals surface area contributed by atoms with Crippen LogP contribution in [0.4, 0.5) is 9.18 Å². The summed E-state index contributed by atoms with van der Waals surface area (Å²) < 4.78 is 30.3. The third-order valence-electron chi connectivity index (χ3n) is 5.75. The van der Waals surface area contributed by atoms with Gasteiger partial charge in [-0.15, -0.1) is 0 Å². The van der Waals surface area contributed by atoms with Crippen molar-refractivity contribution in [2.24, 2.45) is 0 Å². The van der Waals surface area contributed by atoms with Crippen LogP contribution in [0.2, 0.25) is 0 Å². The molecule has 3 aromatic rings. The van der Waals surface area contributed by atoms with Crippen LogP contribution in [0.3, 0.4) is 0 Å². The lowest BCUT2D eigenvalue weighted by molar-refractivity contribution is 0.0993. The number of methoxy groups -OCH3 is 2. The average Bonchev–Trinajstić information content (AvgIpc) is 3.08. The van der Waals surface area contributed by atoms with Crippen LogP contribution in [0, 0.1) is 12.7 Å². The number of hydrogen-bond acceptors (Lipinski definition) is 5. The number of hydrogen-bond donors (Lipinski definition) is 2. The minimum absolute atomic E-state index is 0.111. The first-order valence-corrected chi connectivity index (χ1v) is 9.99. The van der Waals surface area contributed by atoms with Crippen molar-refractivity contribution in [2.45, 2.75) is 32.5 Å². The van der Waals surface area contributed by atoms with E-state index < -0.39 is 12.1 Å². The summed E-state index contributed by atoms with van der Waals surface area (Å²) in [5.74, 6) is 1.36. The second kappa shape index (κ2) is 8.11. The number of halogens is 1. The number of benzene rings is 2. The number of furan rings is 1. The maximum Gasteiger partial charge on any atom is 0.318 e. The lowest BCUT2D eigenvalue weighted by Crippen LogP contribution is -2.45. The molecule has 0 saturated carbocycles. The third-order valence-corrected chi connectivity index (χ3v) is 5.75. The Morgan fingerprint density at radius 3 is 2.68 bits per heavy atom. The van der Waals surface area contributed by atoms with Crippen molar-refractivity contribution in [3.8, 4) is 11.5 Å². The zero-order valence-corrected chi connectivity index (χ0v) is 17.9. The highest BCUT2D eigenvalue weighted by Crippen LogP contribution is 2.39. The van der Waals surface area contributed by atoms with Gasteiger partial charge in [-0.25, -0.2) is 9.18 Å². The Bertz CT molecular complexity index is 1140. The molecule has 0 bridgehead atoms. The van der Waals surface area contributed by atoms with Crippen LogP contribution in [0.15, 0.2) is 34.7 Å². The largest absolute Gasteiger partial charge is 0.496 e. The van der Waals surface area contributed by atoms with E-state index in [4.69, 9.17) is 13.9 Å². The van der Waals surface area contributed by atoms with Crippen molar-refractivity contribution in [2.75, 3.05) is 20.8 Å². The standard InChI is InChI=1S/C23H25FN2O5/c1-12-15-9-14(24)5-6-19(15)31-22(12)13(2)25-23(28)26-10-16-18(29-3)7-8-20(30-4)21(16)17(27)11-26/h5-9,13,17,27H,10-11H2,1-4H3,(H,25,28). The molecule has 2 amide bonds. The first-order chi connectivity index (χ1) is 14.8. The van der Waals surface area contributed by atoms with Crippen molar-refractivity contribution >= 4 is 17.0 Å². The third kappa shape index (κ3) is 3.67. The molecule has 2 unspecified atom stereocenters. The topological polar surface area (TPSA) is 84.2 Å². The number of fused-ring (bicyclic) bond motifs is 2. The van der Waals surface area contributed by atoms with Gasteiger partial charge in [-0.05, 0) is 44.2 Å². The Kier molecular flexibility index (Phi) is 5.49. The molecule has 31 heavy (non-hydrogen) atoms. The molecule has 4 rings (SSSR count). The summed E-state index contributed by atoms with van der Waals surface area (Å²) in [5, 5.41) is 14.3. The number of nitrogens with zero attached hydrogens (tertiary/aromatic N) is 1. The number of β-amino-alcohol motifs (C(OH)–C–C–N with tert-alkyl or cyclic N) is 1. The SMILES string of the molecule is COc1ccc(OC)c2c1CN(C(=O)NC(C)c1oc3ccc(F)cc3c1C)CC2O. The number of amides is 2. The zero-order chi connectivity index (χ0) is 22.3. The maximum atomic E-state index is 13.6. The van der Waals surface area contributed by atoms with Gasteiger partial charge in [-0.3, -0.25) is 0 Å². The summed E-state index contributed by atoms with van der Waals surface area (Å²) in [6.45, 7) is 4.01. The summed E-state index contributed by atoms with van der Waals surface area (Å²) in [4.78, 5) is 14.5. The highest BCUT2D eigenvalue weighted by atomic mass is 19.1. The van der Waals surface area contributed by atoms with E-state index in [2.05, 4.69) is 5.32 Å². The highest BCUT2D eigenvalue weighted by molar-refractivity contribution is 5.82. The second-order valence-electron chi connectivity index (χ2n) is 7.66. The van der Waals surface area contributed by atoms with Gasteiger partial charge in [0.25, 0.3) is 0 Å². The van der Waals surface area contributed by atoms with E-state index >= 15 is 0 Å². The van der Waals surface area contributed by atoms with Gasteiger partial charge >= 0.3 is 6.03 Å². The van der Waals surface area contributed by atoms with Crippen molar-refractivity contribution in [3.05, 3.63) is 58.6 Å². The summed E-state index contributed by atoms with van der Waals surface area (Å²) in [6.07, 6.45) is -0.911. The van der Waals surface area contributed by atoms with Crippen LogP contribution >= 0.6 is 0 Å². The second-order valence-corrected chi connectivity index (χ2v) is 7.66. The highest BCUT2D eigenvalue weighted by Gasteiger charge is 2.32. The minimum Gasteiger partial charge on any atom is -0.496 e. The molecule has 2 heterocycles. The van der Waals surface area contributed by atoms with Crippen LogP contribution in [0.5, 0.6) is 11.5 Å². The Labute approximate surface area is 179 Å². The smallest absolute Gasteiger partial charge is 0.318 e. The number of ether oxygens (including phenoxy) is 2. The summed E-state index contributed by atoms with van der Waals surface area (Å²) >= 11 is 0. The fourth-order valence-corrected chi connectivity index (χ4v) is 4.20. The van der Waals surface area contributed by atoms with Crippen molar-refractivity contribution < 1.29 is 28.2 Å². The molecule has 0 radical (unpaired) electrons. The van der Waals surface area contributed by atoms with Gasteiger partial charge in [0.2, 0.25) is 0 Å².